The Morgan fingerprint density at radius 3 is 2.75 bits per heavy atom. The number of hydrogen-bond acceptors (Lipinski definition) is 3. The van der Waals surface area contributed by atoms with Gasteiger partial charge in [0.15, 0.2) is 0 Å². The van der Waals surface area contributed by atoms with Crippen LogP contribution in [-0.4, -0.2) is 28.8 Å². The summed E-state index contributed by atoms with van der Waals surface area (Å²) in [5.74, 6) is 1.15. The van der Waals surface area contributed by atoms with Crippen LogP contribution >= 0.6 is 27.7 Å². The molecular formula is C11H20BrN3S. The molecule has 3 nitrogen and oxygen atoms in total. The molecular weight excluding hydrogens is 286 g/mol. The highest BCUT2D eigenvalue weighted by atomic mass is 79.9. The Hall–Kier alpha value is 0. The highest BCUT2D eigenvalue weighted by Gasteiger charge is 2.19. The number of rotatable bonds is 6. The first-order chi connectivity index (χ1) is 7.61. The van der Waals surface area contributed by atoms with Crippen LogP contribution in [0, 0.1) is 0 Å². The number of aromatic nitrogens is 2. The van der Waals surface area contributed by atoms with Crippen molar-refractivity contribution in [3.05, 3.63) is 16.4 Å². The van der Waals surface area contributed by atoms with Crippen molar-refractivity contribution in [1.82, 2.24) is 15.1 Å². The maximum atomic E-state index is 4.42. The third kappa shape index (κ3) is 3.25. The lowest BCUT2D eigenvalue weighted by Crippen LogP contribution is -2.22. The molecule has 1 atom stereocenters. The molecule has 0 bridgehead atoms. The highest BCUT2D eigenvalue weighted by Crippen LogP contribution is 2.28. The van der Waals surface area contributed by atoms with Crippen LogP contribution in [0.4, 0.5) is 0 Å². The van der Waals surface area contributed by atoms with Gasteiger partial charge in [-0.25, -0.2) is 0 Å². The predicted octanol–water partition coefficient (Wildman–Crippen LogP) is 3.24. The van der Waals surface area contributed by atoms with E-state index in [0.717, 1.165) is 16.6 Å². The van der Waals surface area contributed by atoms with Gasteiger partial charge in [0.05, 0.1) is 22.4 Å². The summed E-state index contributed by atoms with van der Waals surface area (Å²) in [6.45, 7) is 4.31. The van der Waals surface area contributed by atoms with E-state index >= 15 is 0 Å². The second kappa shape index (κ2) is 6.67. The van der Waals surface area contributed by atoms with Gasteiger partial charge < -0.3 is 5.32 Å². The molecule has 1 unspecified atom stereocenters. The van der Waals surface area contributed by atoms with E-state index in [2.05, 4.69) is 51.1 Å². The summed E-state index contributed by atoms with van der Waals surface area (Å²) in [4.78, 5) is 0. The van der Waals surface area contributed by atoms with Crippen molar-refractivity contribution in [2.45, 2.75) is 32.4 Å². The molecule has 16 heavy (non-hydrogen) atoms. The van der Waals surface area contributed by atoms with Crippen LogP contribution in [0.1, 0.15) is 38.0 Å². The van der Waals surface area contributed by atoms with E-state index in [4.69, 9.17) is 0 Å². The minimum absolute atomic E-state index is 0.367. The van der Waals surface area contributed by atoms with Gasteiger partial charge in [-0.15, -0.1) is 0 Å². The Bertz CT molecular complexity index is 325. The first-order valence-electron chi connectivity index (χ1n) is 5.50. The first kappa shape index (κ1) is 14.1. The van der Waals surface area contributed by atoms with Crippen LogP contribution in [0.25, 0.3) is 0 Å². The topological polar surface area (TPSA) is 29.9 Å². The van der Waals surface area contributed by atoms with Gasteiger partial charge in [-0.1, -0.05) is 0 Å². The molecule has 92 valence electrons. The SMILES string of the molecule is CNC(CCSC)c1c(Br)cnn1C(C)C. The lowest BCUT2D eigenvalue weighted by atomic mass is 10.1. The van der Waals surface area contributed by atoms with Crippen LogP contribution in [0.3, 0.4) is 0 Å². The van der Waals surface area contributed by atoms with E-state index in [1.54, 1.807) is 0 Å². The molecule has 0 aliphatic rings. The van der Waals surface area contributed by atoms with E-state index in [9.17, 15) is 0 Å². The van der Waals surface area contributed by atoms with E-state index < -0.39 is 0 Å². The van der Waals surface area contributed by atoms with Crippen LogP contribution in [0.15, 0.2) is 10.7 Å². The summed E-state index contributed by atoms with van der Waals surface area (Å²) < 4.78 is 3.19. The average molecular weight is 306 g/mol. The third-order valence-electron chi connectivity index (χ3n) is 2.57. The van der Waals surface area contributed by atoms with Crippen molar-refractivity contribution in [3.8, 4) is 0 Å². The van der Waals surface area contributed by atoms with Crippen LogP contribution in [0.5, 0.6) is 0 Å². The first-order valence-corrected chi connectivity index (χ1v) is 7.69. The summed E-state index contributed by atoms with van der Waals surface area (Å²) in [5.41, 5.74) is 1.26. The number of halogens is 1. The molecule has 0 aliphatic heterocycles. The quantitative estimate of drug-likeness (QED) is 0.875. The molecule has 1 aromatic rings. The molecule has 0 amide bonds. The van der Waals surface area contributed by atoms with Crippen LogP contribution < -0.4 is 5.32 Å². The second-order valence-corrected chi connectivity index (χ2v) is 5.88. The van der Waals surface area contributed by atoms with E-state index in [1.807, 2.05) is 25.0 Å². The van der Waals surface area contributed by atoms with Crippen molar-refractivity contribution >= 4 is 27.7 Å². The fourth-order valence-electron chi connectivity index (χ4n) is 1.74. The molecule has 1 heterocycles. The largest absolute Gasteiger partial charge is 0.312 e. The minimum atomic E-state index is 0.367. The molecule has 0 spiro atoms. The summed E-state index contributed by atoms with van der Waals surface area (Å²) in [6, 6.07) is 0.762. The predicted molar refractivity (Wildman–Crippen MR) is 75.1 cm³/mol. The number of nitrogens with zero attached hydrogens (tertiary/aromatic N) is 2. The maximum Gasteiger partial charge on any atom is 0.0698 e. The molecule has 1 rings (SSSR count). The molecule has 1 N–H and O–H groups in total. The zero-order valence-electron chi connectivity index (χ0n) is 10.3. The van der Waals surface area contributed by atoms with Gasteiger partial charge in [0.1, 0.15) is 0 Å². The number of nitrogens with one attached hydrogen (secondary N) is 1. The Morgan fingerprint density at radius 1 is 1.56 bits per heavy atom. The highest BCUT2D eigenvalue weighted by molar-refractivity contribution is 9.10. The standard InChI is InChI=1S/C11H20BrN3S/c1-8(2)15-11(9(12)7-14-15)10(13-3)5-6-16-4/h7-8,10,13H,5-6H2,1-4H3. The third-order valence-corrected chi connectivity index (χ3v) is 3.82. The summed E-state index contributed by atoms with van der Waals surface area (Å²) >= 11 is 5.47. The molecule has 5 heteroatoms. The monoisotopic (exact) mass is 305 g/mol. The second-order valence-electron chi connectivity index (χ2n) is 4.04. The van der Waals surface area contributed by atoms with Gasteiger partial charge in [-0.3, -0.25) is 4.68 Å². The van der Waals surface area contributed by atoms with Crippen molar-refractivity contribution < 1.29 is 0 Å². The van der Waals surface area contributed by atoms with Crippen LogP contribution in [-0.2, 0) is 0 Å². The lowest BCUT2D eigenvalue weighted by Gasteiger charge is -2.20. The summed E-state index contributed by atoms with van der Waals surface area (Å²) in [5, 5.41) is 7.79. The zero-order valence-corrected chi connectivity index (χ0v) is 12.7. The van der Waals surface area contributed by atoms with Gasteiger partial charge in [0.25, 0.3) is 0 Å². The fraction of sp³-hybridized carbons (Fsp3) is 0.727. The molecule has 0 aromatic carbocycles. The fourth-order valence-corrected chi connectivity index (χ4v) is 2.76. The van der Waals surface area contributed by atoms with E-state index in [1.165, 1.54) is 5.69 Å². The average Bonchev–Trinajstić information content (AvgIpc) is 2.62. The van der Waals surface area contributed by atoms with E-state index in [0.29, 0.717) is 12.1 Å². The molecule has 1 aromatic heterocycles. The zero-order chi connectivity index (χ0) is 12.1. The van der Waals surface area contributed by atoms with Crippen molar-refractivity contribution in [2.24, 2.45) is 0 Å². The normalized spacial score (nSPS) is 13.4. The summed E-state index contributed by atoms with van der Waals surface area (Å²) in [6.07, 6.45) is 5.15. The van der Waals surface area contributed by atoms with Crippen LogP contribution in [0.2, 0.25) is 0 Å². The minimum Gasteiger partial charge on any atom is -0.312 e. The number of hydrogen-bond donors (Lipinski definition) is 1. The van der Waals surface area contributed by atoms with Crippen molar-refractivity contribution in [1.29, 1.82) is 0 Å². The van der Waals surface area contributed by atoms with Gasteiger partial charge in [0, 0.05) is 6.04 Å². The summed E-state index contributed by atoms with van der Waals surface area (Å²) in [7, 11) is 2.01. The molecule has 0 aliphatic carbocycles. The van der Waals surface area contributed by atoms with Gasteiger partial charge in [0.2, 0.25) is 0 Å². The van der Waals surface area contributed by atoms with Gasteiger partial charge in [-0.2, -0.15) is 16.9 Å². The molecule has 0 radical (unpaired) electrons. The Morgan fingerprint density at radius 2 is 2.25 bits per heavy atom. The maximum absolute atomic E-state index is 4.42. The van der Waals surface area contributed by atoms with Gasteiger partial charge >= 0.3 is 0 Å². The Labute approximate surface area is 110 Å². The smallest absolute Gasteiger partial charge is 0.0698 e. The van der Waals surface area contributed by atoms with E-state index in [-0.39, 0.29) is 0 Å². The molecule has 0 saturated heterocycles. The lowest BCUT2D eigenvalue weighted by molar-refractivity contribution is 0.455. The van der Waals surface area contributed by atoms with Crippen molar-refractivity contribution in [2.75, 3.05) is 19.1 Å². The molecule has 0 saturated carbocycles. The Balaban J connectivity index is 2.93. The molecule has 0 fully saturated rings. The van der Waals surface area contributed by atoms with Crippen molar-refractivity contribution in [3.63, 3.8) is 0 Å². The Kier molecular flexibility index (Phi) is 5.86. The van der Waals surface area contributed by atoms with Gasteiger partial charge in [-0.05, 0) is 55.3 Å². The number of thioether (sulfide) groups is 1.